The number of nitrogens with zero attached hydrogens (tertiary/aromatic N) is 1. The molecule has 0 heterocycles. The van der Waals surface area contributed by atoms with Crippen LogP contribution in [0, 0.1) is 0 Å². The number of benzene rings is 1. The van der Waals surface area contributed by atoms with Crippen molar-refractivity contribution in [3.63, 3.8) is 0 Å². The summed E-state index contributed by atoms with van der Waals surface area (Å²) in [7, 11) is 1.54. The van der Waals surface area contributed by atoms with Crippen LogP contribution in [0.5, 0.6) is 0 Å². The highest BCUT2D eigenvalue weighted by atomic mass is 35.5. The quantitative estimate of drug-likeness (QED) is 0.752. The Morgan fingerprint density at radius 1 is 1.23 bits per heavy atom. The fraction of sp³-hybridized carbons (Fsp3) is 0.357. The molecular weight excluding hydrogens is 328 g/mol. The maximum absolute atomic E-state index is 11.7. The van der Waals surface area contributed by atoms with Gasteiger partial charge in [0.25, 0.3) is 0 Å². The van der Waals surface area contributed by atoms with Gasteiger partial charge in [-0.25, -0.2) is 0 Å². The molecule has 0 atom stereocenters. The molecule has 22 heavy (non-hydrogen) atoms. The number of anilines is 1. The third kappa shape index (κ3) is 7.33. The first-order chi connectivity index (χ1) is 10.4. The number of carbonyl (C=O) groups excluding carboxylic acids is 2. The van der Waals surface area contributed by atoms with Crippen molar-refractivity contribution in [2.24, 2.45) is 0 Å². The second-order valence-electron chi connectivity index (χ2n) is 4.51. The van der Waals surface area contributed by atoms with Gasteiger partial charge in [0.05, 0.1) is 17.9 Å². The van der Waals surface area contributed by atoms with Crippen LogP contribution in [-0.4, -0.2) is 52.9 Å². The van der Waals surface area contributed by atoms with Crippen LogP contribution in [0.3, 0.4) is 0 Å². The number of carboxylic acid groups (broad SMARTS) is 1. The van der Waals surface area contributed by atoms with E-state index in [4.69, 9.17) is 16.7 Å². The summed E-state index contributed by atoms with van der Waals surface area (Å²) < 4.78 is 0. The summed E-state index contributed by atoms with van der Waals surface area (Å²) in [4.78, 5) is 35.2. The average molecular weight is 345 g/mol. The molecule has 0 bridgehead atoms. The van der Waals surface area contributed by atoms with E-state index >= 15 is 0 Å². The fourth-order valence-electron chi connectivity index (χ4n) is 1.46. The largest absolute Gasteiger partial charge is 0.481 e. The van der Waals surface area contributed by atoms with E-state index in [1.807, 2.05) is 0 Å². The summed E-state index contributed by atoms with van der Waals surface area (Å²) in [5, 5.41) is 11.8. The lowest BCUT2D eigenvalue weighted by molar-refractivity contribution is -0.137. The zero-order chi connectivity index (χ0) is 16.5. The molecule has 0 spiro atoms. The molecule has 2 N–H and O–H groups in total. The molecular formula is C14H17ClN2O4S. The molecule has 120 valence electrons. The lowest BCUT2D eigenvalue weighted by Crippen LogP contribution is -2.30. The predicted molar refractivity (Wildman–Crippen MR) is 87.3 cm³/mol. The number of halogens is 1. The number of thioether (sulfide) groups is 1. The lowest BCUT2D eigenvalue weighted by atomic mass is 10.3. The molecule has 1 aromatic rings. The summed E-state index contributed by atoms with van der Waals surface area (Å²) >= 11 is 6.92. The highest BCUT2D eigenvalue weighted by Gasteiger charge is 2.11. The standard InChI is InChI=1S/C14H17ClN2O4S/c1-17(7-6-14(20)21)13(19)9-22-8-12(18)16-11-4-2-10(15)3-5-11/h2-5H,6-9H2,1H3,(H,16,18)(H,20,21). The predicted octanol–water partition coefficient (Wildman–Crippen LogP) is 1.94. The molecule has 6 nitrogen and oxygen atoms in total. The molecule has 1 aromatic carbocycles. The van der Waals surface area contributed by atoms with Crippen LogP contribution < -0.4 is 5.32 Å². The Kier molecular flexibility index (Phi) is 7.76. The molecule has 0 aliphatic rings. The van der Waals surface area contributed by atoms with Crippen molar-refractivity contribution >= 4 is 46.8 Å². The Morgan fingerprint density at radius 3 is 2.45 bits per heavy atom. The van der Waals surface area contributed by atoms with Crippen LogP contribution >= 0.6 is 23.4 Å². The topological polar surface area (TPSA) is 86.7 Å². The third-order valence-electron chi connectivity index (χ3n) is 2.67. The van der Waals surface area contributed by atoms with Gasteiger partial charge in [-0.1, -0.05) is 11.6 Å². The van der Waals surface area contributed by atoms with Crippen molar-refractivity contribution in [2.75, 3.05) is 30.4 Å². The normalized spacial score (nSPS) is 10.1. The van der Waals surface area contributed by atoms with E-state index in [2.05, 4.69) is 5.32 Å². The van der Waals surface area contributed by atoms with Gasteiger partial charge in [0, 0.05) is 24.3 Å². The van der Waals surface area contributed by atoms with Crippen molar-refractivity contribution in [3.8, 4) is 0 Å². The lowest BCUT2D eigenvalue weighted by Gasteiger charge is -2.15. The molecule has 0 unspecified atom stereocenters. The molecule has 8 heteroatoms. The molecule has 0 radical (unpaired) electrons. The minimum absolute atomic E-state index is 0.0933. The molecule has 0 aliphatic carbocycles. The Balaban J connectivity index is 2.25. The second-order valence-corrected chi connectivity index (χ2v) is 5.93. The highest BCUT2D eigenvalue weighted by molar-refractivity contribution is 8.00. The van der Waals surface area contributed by atoms with Crippen LogP contribution in [0.4, 0.5) is 5.69 Å². The Hall–Kier alpha value is -1.73. The Morgan fingerprint density at radius 2 is 1.86 bits per heavy atom. The summed E-state index contributed by atoms with van der Waals surface area (Å²) in [6.07, 6.45) is -0.0933. The number of nitrogens with one attached hydrogen (secondary N) is 1. The molecule has 0 fully saturated rings. The zero-order valence-electron chi connectivity index (χ0n) is 12.0. The van der Waals surface area contributed by atoms with Gasteiger partial charge in [-0.3, -0.25) is 14.4 Å². The second kappa shape index (κ2) is 9.32. The fourth-order valence-corrected chi connectivity index (χ4v) is 2.34. The van der Waals surface area contributed by atoms with E-state index in [1.165, 1.54) is 16.7 Å². The van der Waals surface area contributed by atoms with Crippen LogP contribution in [0.2, 0.25) is 5.02 Å². The zero-order valence-corrected chi connectivity index (χ0v) is 13.6. The number of amides is 2. The van der Waals surface area contributed by atoms with Crippen molar-refractivity contribution in [3.05, 3.63) is 29.3 Å². The Bertz CT molecular complexity index is 536. The smallest absolute Gasteiger partial charge is 0.305 e. The van der Waals surface area contributed by atoms with E-state index in [1.54, 1.807) is 31.3 Å². The summed E-state index contributed by atoms with van der Waals surface area (Å²) in [6, 6.07) is 6.72. The van der Waals surface area contributed by atoms with Gasteiger partial charge in [-0.15, -0.1) is 11.8 Å². The number of carbonyl (C=O) groups is 3. The van der Waals surface area contributed by atoms with Crippen molar-refractivity contribution in [1.82, 2.24) is 4.90 Å². The first-order valence-electron chi connectivity index (χ1n) is 6.47. The van der Waals surface area contributed by atoms with Gasteiger partial charge in [0.15, 0.2) is 0 Å². The number of aliphatic carboxylic acids is 1. The van der Waals surface area contributed by atoms with E-state index in [0.29, 0.717) is 10.7 Å². The minimum atomic E-state index is -0.949. The maximum atomic E-state index is 11.7. The number of hydrogen-bond donors (Lipinski definition) is 2. The van der Waals surface area contributed by atoms with Gasteiger partial charge in [0.1, 0.15) is 0 Å². The molecule has 0 aromatic heterocycles. The van der Waals surface area contributed by atoms with Gasteiger partial charge >= 0.3 is 5.97 Å². The highest BCUT2D eigenvalue weighted by Crippen LogP contribution is 2.13. The van der Waals surface area contributed by atoms with E-state index in [9.17, 15) is 14.4 Å². The van der Waals surface area contributed by atoms with E-state index in [-0.39, 0.29) is 36.3 Å². The van der Waals surface area contributed by atoms with E-state index < -0.39 is 5.97 Å². The Labute approximate surface area is 137 Å². The van der Waals surface area contributed by atoms with Gasteiger partial charge in [-0.2, -0.15) is 0 Å². The SMILES string of the molecule is CN(CCC(=O)O)C(=O)CSCC(=O)Nc1ccc(Cl)cc1. The van der Waals surface area contributed by atoms with Crippen LogP contribution in [-0.2, 0) is 14.4 Å². The molecule has 0 saturated heterocycles. The van der Waals surface area contributed by atoms with Crippen LogP contribution in [0.1, 0.15) is 6.42 Å². The summed E-state index contributed by atoms with van der Waals surface area (Å²) in [5.74, 6) is -1.10. The average Bonchev–Trinajstić information content (AvgIpc) is 2.47. The molecule has 2 amide bonds. The first kappa shape index (κ1) is 18.3. The maximum Gasteiger partial charge on any atom is 0.305 e. The third-order valence-corrected chi connectivity index (χ3v) is 3.84. The molecule has 0 saturated carbocycles. The van der Waals surface area contributed by atoms with Crippen molar-refractivity contribution in [1.29, 1.82) is 0 Å². The molecule has 1 rings (SSSR count). The van der Waals surface area contributed by atoms with E-state index in [0.717, 1.165) is 0 Å². The number of rotatable bonds is 8. The van der Waals surface area contributed by atoms with Crippen molar-refractivity contribution in [2.45, 2.75) is 6.42 Å². The summed E-state index contributed by atoms with van der Waals surface area (Å²) in [5.41, 5.74) is 0.639. The van der Waals surface area contributed by atoms with Crippen molar-refractivity contribution < 1.29 is 19.5 Å². The minimum Gasteiger partial charge on any atom is -0.481 e. The molecule has 0 aliphatic heterocycles. The van der Waals surface area contributed by atoms with Gasteiger partial charge in [-0.05, 0) is 24.3 Å². The van der Waals surface area contributed by atoms with Crippen LogP contribution in [0.15, 0.2) is 24.3 Å². The summed E-state index contributed by atoms with van der Waals surface area (Å²) in [6.45, 7) is 0.158. The first-order valence-corrected chi connectivity index (χ1v) is 8.00. The van der Waals surface area contributed by atoms with Gasteiger partial charge < -0.3 is 15.3 Å². The van der Waals surface area contributed by atoms with Gasteiger partial charge in [0.2, 0.25) is 11.8 Å². The number of carboxylic acids is 1. The number of hydrogen-bond acceptors (Lipinski definition) is 4. The van der Waals surface area contributed by atoms with Crippen LogP contribution in [0.25, 0.3) is 0 Å². The monoisotopic (exact) mass is 344 g/mol.